The molecule has 0 bridgehead atoms. The number of aliphatic hydroxyl groups excluding tert-OH is 1. The predicted octanol–water partition coefficient (Wildman–Crippen LogP) is 1.16. The summed E-state index contributed by atoms with van der Waals surface area (Å²) in [6.45, 7) is 0.206. The van der Waals surface area contributed by atoms with Gasteiger partial charge in [0.25, 0.3) is 5.91 Å². The Morgan fingerprint density at radius 3 is 2.74 bits per heavy atom. The normalized spacial score (nSPS) is 17.7. The topological polar surface area (TPSA) is 98.7 Å². The van der Waals surface area contributed by atoms with Crippen LogP contribution in [0.15, 0.2) is 30.3 Å². The van der Waals surface area contributed by atoms with Gasteiger partial charge in [-0.2, -0.15) is 11.8 Å². The quantitative estimate of drug-likeness (QED) is 0.490. The fraction of sp³-hybridized carbons (Fsp3) is 0.526. The van der Waals surface area contributed by atoms with Crippen molar-refractivity contribution in [2.24, 2.45) is 0 Å². The molecule has 0 radical (unpaired) electrons. The van der Waals surface area contributed by atoms with Gasteiger partial charge in [0, 0.05) is 13.0 Å². The second kappa shape index (κ2) is 10.9. The van der Waals surface area contributed by atoms with Gasteiger partial charge >= 0.3 is 6.03 Å². The Hall–Kier alpha value is -2.06. The molecule has 1 aliphatic rings. The maximum absolute atomic E-state index is 12.4. The molecule has 2 rings (SSSR count). The summed E-state index contributed by atoms with van der Waals surface area (Å²) >= 11 is 1.65. The molecule has 0 aliphatic carbocycles. The summed E-state index contributed by atoms with van der Waals surface area (Å²) in [7, 11) is 0. The number of imide groups is 1. The number of hydrogen-bond acceptors (Lipinski definition) is 5. The fourth-order valence-electron chi connectivity index (χ4n) is 2.91. The van der Waals surface area contributed by atoms with Crippen molar-refractivity contribution < 1.29 is 19.5 Å². The van der Waals surface area contributed by atoms with Crippen LogP contribution >= 0.6 is 11.8 Å². The number of nitrogens with zero attached hydrogens (tertiary/aromatic N) is 1. The molecule has 7 nitrogen and oxygen atoms in total. The standard InChI is InChI=1S/C19H27N3O4S/c1-27-12-10-15(13-23)20-17(24)8-7-16-18(25)22(19(26)21-16)11-9-14-5-3-2-4-6-14/h2-6,15-16,23H,7-13H2,1H3,(H,20,24)(H,21,26)/t15-,16+/m1/s1. The summed E-state index contributed by atoms with van der Waals surface area (Å²) in [6, 6.07) is 8.31. The highest BCUT2D eigenvalue weighted by Gasteiger charge is 2.37. The average molecular weight is 394 g/mol. The first kappa shape index (κ1) is 21.2. The highest BCUT2D eigenvalue weighted by molar-refractivity contribution is 7.98. The number of thioether (sulfide) groups is 1. The number of urea groups is 1. The van der Waals surface area contributed by atoms with Crippen molar-refractivity contribution in [1.82, 2.24) is 15.5 Å². The van der Waals surface area contributed by atoms with Crippen LogP contribution in [0.5, 0.6) is 0 Å². The van der Waals surface area contributed by atoms with Gasteiger partial charge in [-0.1, -0.05) is 30.3 Å². The second-order valence-electron chi connectivity index (χ2n) is 6.49. The Kier molecular flexibility index (Phi) is 8.60. The van der Waals surface area contributed by atoms with E-state index in [2.05, 4.69) is 10.6 Å². The van der Waals surface area contributed by atoms with Crippen molar-refractivity contribution in [2.75, 3.05) is 25.2 Å². The molecule has 1 aliphatic heterocycles. The van der Waals surface area contributed by atoms with E-state index in [1.54, 1.807) is 11.8 Å². The summed E-state index contributed by atoms with van der Waals surface area (Å²) in [5.41, 5.74) is 1.06. The third kappa shape index (κ3) is 6.55. The van der Waals surface area contributed by atoms with Crippen LogP contribution in [0, 0.1) is 0 Å². The minimum absolute atomic E-state index is 0.112. The molecule has 1 fully saturated rings. The first-order valence-corrected chi connectivity index (χ1v) is 10.5. The summed E-state index contributed by atoms with van der Waals surface area (Å²) in [5.74, 6) is 0.337. The summed E-state index contributed by atoms with van der Waals surface area (Å²) in [4.78, 5) is 37.8. The molecule has 27 heavy (non-hydrogen) atoms. The largest absolute Gasteiger partial charge is 0.394 e. The Labute approximate surface area is 163 Å². The van der Waals surface area contributed by atoms with Crippen molar-refractivity contribution in [2.45, 2.75) is 37.8 Å². The molecule has 1 aromatic carbocycles. The predicted molar refractivity (Wildman–Crippen MR) is 105 cm³/mol. The molecule has 3 N–H and O–H groups in total. The second-order valence-corrected chi connectivity index (χ2v) is 7.48. The first-order chi connectivity index (χ1) is 13.0. The van der Waals surface area contributed by atoms with Crippen LogP contribution < -0.4 is 10.6 Å². The number of carbonyl (C=O) groups excluding carboxylic acids is 3. The zero-order valence-electron chi connectivity index (χ0n) is 15.5. The lowest BCUT2D eigenvalue weighted by atomic mass is 10.1. The maximum atomic E-state index is 12.4. The lowest BCUT2D eigenvalue weighted by Crippen LogP contribution is -2.39. The van der Waals surface area contributed by atoms with Crippen LogP contribution in [-0.2, 0) is 16.0 Å². The van der Waals surface area contributed by atoms with Gasteiger partial charge in [-0.15, -0.1) is 0 Å². The third-order valence-electron chi connectivity index (χ3n) is 4.49. The third-order valence-corrected chi connectivity index (χ3v) is 5.13. The minimum atomic E-state index is -0.669. The van der Waals surface area contributed by atoms with Gasteiger partial charge in [-0.05, 0) is 36.8 Å². The van der Waals surface area contributed by atoms with E-state index in [-0.39, 0.29) is 37.3 Å². The lowest BCUT2D eigenvalue weighted by Gasteiger charge is -2.16. The Balaban J connectivity index is 1.77. The number of aliphatic hydroxyl groups is 1. The van der Waals surface area contributed by atoms with Crippen molar-refractivity contribution in [3.63, 3.8) is 0 Å². The Bertz CT molecular complexity index is 641. The van der Waals surface area contributed by atoms with E-state index >= 15 is 0 Å². The minimum Gasteiger partial charge on any atom is -0.394 e. The first-order valence-electron chi connectivity index (χ1n) is 9.10. The molecule has 0 unspecified atom stereocenters. The lowest BCUT2D eigenvalue weighted by molar-refractivity contribution is -0.127. The van der Waals surface area contributed by atoms with Crippen LogP contribution in [0.2, 0.25) is 0 Å². The van der Waals surface area contributed by atoms with Gasteiger partial charge in [0.05, 0.1) is 12.6 Å². The van der Waals surface area contributed by atoms with E-state index in [9.17, 15) is 19.5 Å². The molecule has 148 valence electrons. The molecular formula is C19H27N3O4S. The molecule has 1 heterocycles. The van der Waals surface area contributed by atoms with Gasteiger partial charge in [0.2, 0.25) is 5.91 Å². The maximum Gasteiger partial charge on any atom is 0.324 e. The Morgan fingerprint density at radius 1 is 1.33 bits per heavy atom. The number of rotatable bonds is 11. The number of benzene rings is 1. The SMILES string of the molecule is CSCC[C@H](CO)NC(=O)CC[C@@H]1NC(=O)N(CCc2ccccc2)C1=O. The molecule has 0 aromatic heterocycles. The van der Waals surface area contributed by atoms with Crippen LogP contribution in [0.4, 0.5) is 4.79 Å². The molecule has 0 saturated carbocycles. The van der Waals surface area contributed by atoms with Crippen LogP contribution in [0.1, 0.15) is 24.8 Å². The molecule has 4 amide bonds. The van der Waals surface area contributed by atoms with E-state index in [1.165, 1.54) is 4.90 Å². The van der Waals surface area contributed by atoms with E-state index in [4.69, 9.17) is 0 Å². The zero-order chi connectivity index (χ0) is 19.6. The van der Waals surface area contributed by atoms with Gasteiger partial charge in [0.1, 0.15) is 6.04 Å². The van der Waals surface area contributed by atoms with Crippen LogP contribution in [0.3, 0.4) is 0 Å². The molecule has 2 atom stereocenters. The van der Waals surface area contributed by atoms with Gasteiger partial charge < -0.3 is 15.7 Å². The Morgan fingerprint density at radius 2 is 2.07 bits per heavy atom. The van der Waals surface area contributed by atoms with Crippen LogP contribution in [0.25, 0.3) is 0 Å². The van der Waals surface area contributed by atoms with E-state index in [1.807, 2.05) is 36.6 Å². The number of carbonyl (C=O) groups is 3. The van der Waals surface area contributed by atoms with Crippen molar-refractivity contribution in [3.8, 4) is 0 Å². The molecule has 1 aromatic rings. The number of amides is 4. The number of hydrogen-bond donors (Lipinski definition) is 3. The summed E-state index contributed by atoms with van der Waals surface area (Å²) in [6.07, 6.45) is 3.63. The number of nitrogens with one attached hydrogen (secondary N) is 2. The van der Waals surface area contributed by atoms with Gasteiger partial charge in [-0.25, -0.2) is 4.79 Å². The monoisotopic (exact) mass is 393 g/mol. The highest BCUT2D eigenvalue weighted by atomic mass is 32.2. The molecular weight excluding hydrogens is 366 g/mol. The summed E-state index contributed by atoms with van der Waals surface area (Å²) < 4.78 is 0. The average Bonchev–Trinajstić information content (AvgIpc) is 2.95. The molecule has 8 heteroatoms. The smallest absolute Gasteiger partial charge is 0.324 e. The zero-order valence-corrected chi connectivity index (χ0v) is 16.3. The van der Waals surface area contributed by atoms with E-state index < -0.39 is 12.1 Å². The highest BCUT2D eigenvalue weighted by Crippen LogP contribution is 2.13. The van der Waals surface area contributed by atoms with Gasteiger partial charge in [-0.3, -0.25) is 14.5 Å². The van der Waals surface area contributed by atoms with E-state index in [0.717, 1.165) is 11.3 Å². The molecule has 1 saturated heterocycles. The van der Waals surface area contributed by atoms with E-state index in [0.29, 0.717) is 19.4 Å². The fourth-order valence-corrected chi connectivity index (χ4v) is 3.43. The van der Waals surface area contributed by atoms with Crippen molar-refractivity contribution in [1.29, 1.82) is 0 Å². The van der Waals surface area contributed by atoms with Crippen molar-refractivity contribution in [3.05, 3.63) is 35.9 Å². The van der Waals surface area contributed by atoms with Crippen molar-refractivity contribution >= 4 is 29.6 Å². The van der Waals surface area contributed by atoms with Crippen LogP contribution in [-0.4, -0.2) is 65.1 Å². The van der Waals surface area contributed by atoms with Gasteiger partial charge in [0.15, 0.2) is 0 Å². The molecule has 0 spiro atoms. The summed E-state index contributed by atoms with van der Waals surface area (Å²) in [5, 5.41) is 14.7.